The highest BCUT2D eigenvalue weighted by molar-refractivity contribution is 5.44. The SMILES string of the molecule is OC1CCc2c(OC3C=CCCC3)cccc21. The maximum absolute atomic E-state index is 9.84. The van der Waals surface area contributed by atoms with Crippen LogP contribution < -0.4 is 4.74 Å². The Morgan fingerprint density at radius 1 is 1.24 bits per heavy atom. The highest BCUT2D eigenvalue weighted by Gasteiger charge is 2.24. The minimum absolute atomic E-state index is 0.216. The summed E-state index contributed by atoms with van der Waals surface area (Å²) in [7, 11) is 0. The van der Waals surface area contributed by atoms with Gasteiger partial charge in [0.1, 0.15) is 11.9 Å². The first kappa shape index (κ1) is 10.8. The van der Waals surface area contributed by atoms with Crippen molar-refractivity contribution in [3.05, 3.63) is 41.5 Å². The van der Waals surface area contributed by atoms with Crippen LogP contribution in [-0.2, 0) is 6.42 Å². The van der Waals surface area contributed by atoms with Gasteiger partial charge >= 0.3 is 0 Å². The molecule has 2 aliphatic rings. The molecule has 1 aromatic rings. The van der Waals surface area contributed by atoms with Crippen LogP contribution >= 0.6 is 0 Å². The summed E-state index contributed by atoms with van der Waals surface area (Å²) in [6.45, 7) is 0. The average molecular weight is 230 g/mol. The number of aliphatic hydroxyl groups excluding tert-OH is 1. The van der Waals surface area contributed by atoms with Crippen LogP contribution in [-0.4, -0.2) is 11.2 Å². The van der Waals surface area contributed by atoms with Crippen molar-refractivity contribution in [2.75, 3.05) is 0 Å². The van der Waals surface area contributed by atoms with Gasteiger partial charge in [0.2, 0.25) is 0 Å². The molecule has 0 bridgehead atoms. The third kappa shape index (κ3) is 2.09. The maximum Gasteiger partial charge on any atom is 0.123 e. The Balaban J connectivity index is 1.84. The van der Waals surface area contributed by atoms with Gasteiger partial charge in [-0.05, 0) is 49.8 Å². The van der Waals surface area contributed by atoms with E-state index in [0.29, 0.717) is 0 Å². The number of ether oxygens (including phenoxy) is 1. The van der Waals surface area contributed by atoms with Gasteiger partial charge in [0.25, 0.3) is 0 Å². The van der Waals surface area contributed by atoms with Crippen molar-refractivity contribution in [1.29, 1.82) is 0 Å². The molecule has 1 N–H and O–H groups in total. The Morgan fingerprint density at radius 3 is 3.00 bits per heavy atom. The first-order chi connectivity index (χ1) is 8.34. The van der Waals surface area contributed by atoms with E-state index in [1.165, 1.54) is 18.4 Å². The summed E-state index contributed by atoms with van der Waals surface area (Å²) in [6.07, 6.45) is 9.52. The molecule has 3 rings (SSSR count). The minimum Gasteiger partial charge on any atom is -0.486 e. The lowest BCUT2D eigenvalue weighted by atomic mass is 10.0. The topological polar surface area (TPSA) is 29.5 Å². The Kier molecular flexibility index (Phi) is 2.89. The third-order valence-corrected chi connectivity index (χ3v) is 3.68. The smallest absolute Gasteiger partial charge is 0.123 e. The van der Waals surface area contributed by atoms with Gasteiger partial charge in [-0.3, -0.25) is 0 Å². The second kappa shape index (κ2) is 4.53. The fourth-order valence-corrected chi connectivity index (χ4v) is 2.75. The van der Waals surface area contributed by atoms with Gasteiger partial charge in [0, 0.05) is 5.56 Å². The number of hydrogen-bond donors (Lipinski definition) is 1. The normalized spacial score (nSPS) is 26.9. The van der Waals surface area contributed by atoms with Crippen LogP contribution in [0, 0.1) is 0 Å². The van der Waals surface area contributed by atoms with Crippen molar-refractivity contribution in [2.24, 2.45) is 0 Å². The molecule has 0 radical (unpaired) electrons. The van der Waals surface area contributed by atoms with Crippen LogP contribution in [0.15, 0.2) is 30.4 Å². The van der Waals surface area contributed by atoms with Crippen LogP contribution in [0.5, 0.6) is 5.75 Å². The van der Waals surface area contributed by atoms with Gasteiger partial charge in [-0.25, -0.2) is 0 Å². The number of allylic oxidation sites excluding steroid dienone is 1. The highest BCUT2D eigenvalue weighted by Crippen LogP contribution is 2.37. The molecule has 2 heteroatoms. The zero-order valence-corrected chi connectivity index (χ0v) is 9.93. The van der Waals surface area contributed by atoms with Crippen molar-refractivity contribution >= 4 is 0 Å². The minimum atomic E-state index is -0.296. The third-order valence-electron chi connectivity index (χ3n) is 3.68. The molecule has 0 fully saturated rings. The Bertz CT molecular complexity index is 437. The molecular weight excluding hydrogens is 212 g/mol. The Hall–Kier alpha value is -1.28. The van der Waals surface area contributed by atoms with Crippen LogP contribution in [0.3, 0.4) is 0 Å². The van der Waals surface area contributed by atoms with E-state index in [2.05, 4.69) is 12.2 Å². The van der Waals surface area contributed by atoms with Gasteiger partial charge in [-0.2, -0.15) is 0 Å². The average Bonchev–Trinajstić information content (AvgIpc) is 2.74. The largest absolute Gasteiger partial charge is 0.486 e. The summed E-state index contributed by atoms with van der Waals surface area (Å²) in [4.78, 5) is 0. The number of rotatable bonds is 2. The van der Waals surface area contributed by atoms with E-state index in [4.69, 9.17) is 4.74 Å². The van der Waals surface area contributed by atoms with E-state index in [0.717, 1.165) is 30.6 Å². The summed E-state index contributed by atoms with van der Waals surface area (Å²) in [5.74, 6) is 0.968. The number of aliphatic hydroxyl groups is 1. The predicted molar refractivity (Wildman–Crippen MR) is 67.1 cm³/mol. The molecule has 90 valence electrons. The summed E-state index contributed by atoms with van der Waals surface area (Å²) >= 11 is 0. The van der Waals surface area contributed by atoms with Crippen molar-refractivity contribution in [3.63, 3.8) is 0 Å². The molecule has 0 aromatic heterocycles. The quantitative estimate of drug-likeness (QED) is 0.791. The summed E-state index contributed by atoms with van der Waals surface area (Å²) < 4.78 is 6.05. The van der Waals surface area contributed by atoms with Crippen LogP contribution in [0.25, 0.3) is 0 Å². The molecule has 0 aliphatic heterocycles. The van der Waals surface area contributed by atoms with Crippen molar-refractivity contribution in [3.8, 4) is 5.75 Å². The maximum atomic E-state index is 9.84. The first-order valence-corrected chi connectivity index (χ1v) is 6.48. The molecule has 1 aromatic carbocycles. The Morgan fingerprint density at radius 2 is 2.18 bits per heavy atom. The number of fused-ring (bicyclic) bond motifs is 1. The van der Waals surface area contributed by atoms with Gasteiger partial charge < -0.3 is 9.84 Å². The van der Waals surface area contributed by atoms with E-state index in [1.54, 1.807) is 0 Å². The summed E-state index contributed by atoms with van der Waals surface area (Å²) in [5, 5.41) is 9.84. The number of benzene rings is 1. The molecule has 0 heterocycles. The van der Waals surface area contributed by atoms with Gasteiger partial charge in [-0.15, -0.1) is 0 Å². The molecule has 2 aliphatic carbocycles. The van der Waals surface area contributed by atoms with E-state index in [9.17, 15) is 5.11 Å². The molecular formula is C15H18O2. The molecule has 2 nitrogen and oxygen atoms in total. The lowest BCUT2D eigenvalue weighted by Crippen LogP contribution is -2.16. The zero-order valence-electron chi connectivity index (χ0n) is 9.93. The zero-order chi connectivity index (χ0) is 11.7. The fraction of sp³-hybridized carbons (Fsp3) is 0.467. The Labute approximate surface area is 102 Å². The molecule has 0 amide bonds. The first-order valence-electron chi connectivity index (χ1n) is 6.48. The summed E-state index contributed by atoms with van der Waals surface area (Å²) in [5.41, 5.74) is 2.27. The predicted octanol–water partition coefficient (Wildman–Crippen LogP) is 3.15. The van der Waals surface area contributed by atoms with Crippen molar-refractivity contribution < 1.29 is 9.84 Å². The monoisotopic (exact) mass is 230 g/mol. The van der Waals surface area contributed by atoms with Crippen LogP contribution in [0.4, 0.5) is 0 Å². The van der Waals surface area contributed by atoms with Gasteiger partial charge in [-0.1, -0.05) is 18.2 Å². The molecule has 0 saturated heterocycles. The van der Waals surface area contributed by atoms with Crippen LogP contribution in [0.1, 0.15) is 42.9 Å². The molecule has 0 saturated carbocycles. The van der Waals surface area contributed by atoms with Gasteiger partial charge in [0.05, 0.1) is 6.10 Å². The lowest BCUT2D eigenvalue weighted by Gasteiger charge is -2.20. The van der Waals surface area contributed by atoms with Crippen molar-refractivity contribution in [2.45, 2.75) is 44.3 Å². The van der Waals surface area contributed by atoms with Gasteiger partial charge in [0.15, 0.2) is 0 Å². The second-order valence-electron chi connectivity index (χ2n) is 4.89. The molecule has 2 atom stereocenters. The van der Waals surface area contributed by atoms with E-state index in [1.807, 2.05) is 18.2 Å². The molecule has 17 heavy (non-hydrogen) atoms. The number of hydrogen-bond acceptors (Lipinski definition) is 2. The van der Waals surface area contributed by atoms with Crippen molar-refractivity contribution in [1.82, 2.24) is 0 Å². The molecule has 2 unspecified atom stereocenters. The summed E-state index contributed by atoms with van der Waals surface area (Å²) in [6, 6.07) is 6.02. The highest BCUT2D eigenvalue weighted by atomic mass is 16.5. The lowest BCUT2D eigenvalue weighted by molar-refractivity contribution is 0.180. The van der Waals surface area contributed by atoms with E-state index in [-0.39, 0.29) is 12.2 Å². The standard InChI is InChI=1S/C15H18O2/c16-14-10-9-13-12(14)7-4-8-15(13)17-11-5-2-1-3-6-11/h2,4-5,7-8,11,14,16H,1,3,6,9-10H2. The molecule has 0 spiro atoms. The van der Waals surface area contributed by atoms with Crippen LogP contribution in [0.2, 0.25) is 0 Å². The van der Waals surface area contributed by atoms with E-state index >= 15 is 0 Å². The second-order valence-corrected chi connectivity index (χ2v) is 4.89. The van der Waals surface area contributed by atoms with E-state index < -0.39 is 0 Å². The fourth-order valence-electron chi connectivity index (χ4n) is 2.75.